The largest absolute Gasteiger partial charge is 0.495 e. The van der Waals surface area contributed by atoms with Crippen molar-refractivity contribution in [3.63, 3.8) is 0 Å². The van der Waals surface area contributed by atoms with Crippen LogP contribution in [0.25, 0.3) is 0 Å². The van der Waals surface area contributed by atoms with E-state index in [1.807, 2.05) is 13.0 Å². The van der Waals surface area contributed by atoms with Crippen molar-refractivity contribution in [2.24, 2.45) is 0 Å². The van der Waals surface area contributed by atoms with E-state index >= 15 is 0 Å². The topological polar surface area (TPSA) is 67.9 Å². The van der Waals surface area contributed by atoms with Crippen LogP contribution in [0.4, 0.5) is 11.4 Å². The van der Waals surface area contributed by atoms with Crippen LogP contribution in [-0.2, 0) is 0 Å². The molecule has 0 aromatic heterocycles. The zero-order chi connectivity index (χ0) is 21.3. The van der Waals surface area contributed by atoms with Crippen molar-refractivity contribution in [1.82, 2.24) is 0 Å². The van der Waals surface area contributed by atoms with Crippen LogP contribution in [0.1, 0.15) is 27.6 Å². The van der Waals surface area contributed by atoms with Gasteiger partial charge < -0.3 is 19.7 Å². The van der Waals surface area contributed by atoms with Gasteiger partial charge in [-0.25, -0.2) is 0 Å². The molecule has 0 bridgehead atoms. The van der Waals surface area contributed by atoms with Crippen LogP contribution in [0.3, 0.4) is 0 Å². The molecule has 3 aromatic carbocycles. The van der Waals surface area contributed by atoms with Gasteiger partial charge in [-0.1, -0.05) is 23.7 Å². The molecule has 0 unspecified atom stereocenters. The summed E-state index contributed by atoms with van der Waals surface area (Å²) < 4.78 is 11.3. The van der Waals surface area contributed by atoms with Crippen molar-refractivity contribution in [2.45, 2.75) is 6.92 Å². The van der Waals surface area contributed by atoms with Crippen LogP contribution < -0.4 is 19.7 Å². The Morgan fingerprint density at radius 3 is 2.67 bits per heavy atom. The van der Waals surface area contributed by atoms with Gasteiger partial charge in [0.15, 0.2) is 5.75 Å². The Bertz CT molecular complexity index is 1150. The Kier molecular flexibility index (Phi) is 5.33. The first-order valence-electron chi connectivity index (χ1n) is 9.39. The quantitative estimate of drug-likeness (QED) is 0.613. The number of carbonyl (C=O) groups excluding carboxylic acids is 2. The monoisotopic (exact) mass is 422 g/mol. The van der Waals surface area contributed by atoms with Gasteiger partial charge in [-0.2, -0.15) is 0 Å². The van der Waals surface area contributed by atoms with Gasteiger partial charge in [0.25, 0.3) is 11.8 Å². The first kappa shape index (κ1) is 19.8. The number of methoxy groups -OCH3 is 1. The predicted octanol–water partition coefficient (Wildman–Crippen LogP) is 5.37. The molecule has 0 aliphatic carbocycles. The number of hydrogen-bond acceptors (Lipinski definition) is 4. The molecule has 4 rings (SSSR count). The minimum atomic E-state index is -0.358. The summed E-state index contributed by atoms with van der Waals surface area (Å²) in [4.78, 5) is 27.5. The molecule has 6 nitrogen and oxygen atoms in total. The number of benzene rings is 3. The van der Waals surface area contributed by atoms with E-state index in [1.165, 1.54) is 7.11 Å². The molecule has 1 aliphatic rings. The van der Waals surface area contributed by atoms with Gasteiger partial charge in [0.2, 0.25) is 0 Å². The van der Waals surface area contributed by atoms with Crippen molar-refractivity contribution < 1.29 is 19.1 Å². The molecule has 0 spiro atoms. The summed E-state index contributed by atoms with van der Waals surface area (Å²) in [6.45, 7) is 2.30. The molecule has 0 fully saturated rings. The zero-order valence-electron chi connectivity index (χ0n) is 16.4. The highest BCUT2D eigenvalue weighted by molar-refractivity contribution is 6.31. The Balaban J connectivity index is 1.70. The average Bonchev–Trinajstić information content (AvgIpc) is 2.87. The van der Waals surface area contributed by atoms with Gasteiger partial charge in [-0.05, 0) is 55.5 Å². The van der Waals surface area contributed by atoms with E-state index in [9.17, 15) is 9.59 Å². The Morgan fingerprint density at radius 2 is 1.90 bits per heavy atom. The summed E-state index contributed by atoms with van der Waals surface area (Å²) in [6.07, 6.45) is 0. The number of hydrogen-bond donors (Lipinski definition) is 1. The third-order valence-corrected chi connectivity index (χ3v) is 5.06. The fourth-order valence-electron chi connectivity index (χ4n) is 3.35. The summed E-state index contributed by atoms with van der Waals surface area (Å²) in [6, 6.07) is 17.0. The van der Waals surface area contributed by atoms with E-state index in [1.54, 1.807) is 59.5 Å². The zero-order valence-corrected chi connectivity index (χ0v) is 17.2. The standard InChI is InChI=1S/C23H19ClN2O4/c1-3-26-18-12-14(22(27)25-17-13-15(24)9-11-20(17)29-2)8-10-21(18)30-19-7-5-4-6-16(19)23(26)28/h4-13H,3H2,1-2H3,(H,25,27). The average molecular weight is 423 g/mol. The number of rotatable bonds is 4. The second-order valence-corrected chi connectivity index (χ2v) is 7.07. The van der Waals surface area contributed by atoms with E-state index in [0.29, 0.717) is 51.3 Å². The number of amides is 2. The van der Waals surface area contributed by atoms with E-state index < -0.39 is 0 Å². The number of fused-ring (bicyclic) bond motifs is 2. The maximum atomic E-state index is 13.0. The van der Waals surface area contributed by atoms with Crippen molar-refractivity contribution in [3.05, 3.63) is 76.8 Å². The van der Waals surface area contributed by atoms with Crippen LogP contribution in [0.15, 0.2) is 60.7 Å². The van der Waals surface area contributed by atoms with Crippen molar-refractivity contribution in [2.75, 3.05) is 23.9 Å². The highest BCUT2D eigenvalue weighted by Crippen LogP contribution is 2.39. The van der Waals surface area contributed by atoms with Crippen molar-refractivity contribution in [3.8, 4) is 17.2 Å². The molecule has 0 saturated heterocycles. The van der Waals surface area contributed by atoms with Gasteiger partial charge in [-0.3, -0.25) is 9.59 Å². The van der Waals surface area contributed by atoms with Crippen LogP contribution in [0.5, 0.6) is 17.2 Å². The highest BCUT2D eigenvalue weighted by atomic mass is 35.5. The van der Waals surface area contributed by atoms with Crippen LogP contribution >= 0.6 is 11.6 Å². The van der Waals surface area contributed by atoms with Crippen molar-refractivity contribution in [1.29, 1.82) is 0 Å². The fourth-order valence-corrected chi connectivity index (χ4v) is 3.52. The molecular formula is C23H19ClN2O4. The minimum absolute atomic E-state index is 0.180. The molecule has 2 amide bonds. The Morgan fingerprint density at radius 1 is 1.10 bits per heavy atom. The second kappa shape index (κ2) is 8.08. The summed E-state index contributed by atoms with van der Waals surface area (Å²) >= 11 is 6.05. The van der Waals surface area contributed by atoms with Gasteiger partial charge in [0.1, 0.15) is 11.5 Å². The summed E-state index contributed by atoms with van der Waals surface area (Å²) in [5.41, 5.74) is 1.84. The molecule has 3 aromatic rings. The molecule has 1 aliphatic heterocycles. The van der Waals surface area contributed by atoms with Crippen molar-refractivity contribution >= 4 is 34.8 Å². The van der Waals surface area contributed by atoms with E-state index in [4.69, 9.17) is 21.1 Å². The van der Waals surface area contributed by atoms with E-state index in [2.05, 4.69) is 5.32 Å². The Labute approximate surface area is 179 Å². The second-order valence-electron chi connectivity index (χ2n) is 6.63. The molecule has 0 saturated carbocycles. The SMILES string of the molecule is CCN1C(=O)c2ccccc2Oc2ccc(C(=O)Nc3cc(Cl)ccc3OC)cc21. The Hall–Kier alpha value is -3.51. The lowest BCUT2D eigenvalue weighted by atomic mass is 10.1. The number of ether oxygens (including phenoxy) is 2. The van der Waals surface area contributed by atoms with Gasteiger partial charge in [0.05, 0.1) is 24.0 Å². The van der Waals surface area contributed by atoms with E-state index in [-0.39, 0.29) is 11.8 Å². The number of nitrogens with one attached hydrogen (secondary N) is 1. The third-order valence-electron chi connectivity index (χ3n) is 4.82. The van der Waals surface area contributed by atoms with Crippen LogP contribution in [-0.4, -0.2) is 25.5 Å². The smallest absolute Gasteiger partial charge is 0.262 e. The maximum absolute atomic E-state index is 13.0. The van der Waals surface area contributed by atoms with Gasteiger partial charge in [0, 0.05) is 17.1 Å². The molecule has 0 atom stereocenters. The molecule has 0 radical (unpaired) electrons. The van der Waals surface area contributed by atoms with Gasteiger partial charge >= 0.3 is 0 Å². The normalized spacial score (nSPS) is 12.4. The summed E-state index contributed by atoms with van der Waals surface area (Å²) in [7, 11) is 1.51. The fraction of sp³-hybridized carbons (Fsp3) is 0.130. The molecule has 7 heteroatoms. The minimum Gasteiger partial charge on any atom is -0.495 e. The van der Waals surface area contributed by atoms with Gasteiger partial charge in [-0.15, -0.1) is 0 Å². The lowest BCUT2D eigenvalue weighted by molar-refractivity contribution is 0.0985. The third kappa shape index (κ3) is 3.57. The first-order valence-corrected chi connectivity index (χ1v) is 9.77. The highest BCUT2D eigenvalue weighted by Gasteiger charge is 2.28. The summed E-state index contributed by atoms with van der Waals surface area (Å²) in [5.74, 6) is 0.948. The molecular weight excluding hydrogens is 404 g/mol. The number of para-hydroxylation sites is 1. The predicted molar refractivity (Wildman–Crippen MR) is 116 cm³/mol. The molecule has 30 heavy (non-hydrogen) atoms. The number of halogens is 1. The number of nitrogens with zero attached hydrogens (tertiary/aromatic N) is 1. The first-order chi connectivity index (χ1) is 14.5. The molecule has 152 valence electrons. The van der Waals surface area contributed by atoms with E-state index in [0.717, 1.165) is 0 Å². The lowest BCUT2D eigenvalue weighted by Crippen LogP contribution is -2.30. The molecule has 1 N–H and O–H groups in total. The maximum Gasteiger partial charge on any atom is 0.262 e. The number of anilines is 2. The molecule has 1 heterocycles. The van der Waals surface area contributed by atoms with Crippen LogP contribution in [0.2, 0.25) is 5.02 Å². The van der Waals surface area contributed by atoms with Crippen LogP contribution in [0, 0.1) is 0 Å². The summed E-state index contributed by atoms with van der Waals surface area (Å²) in [5, 5.41) is 3.28. The number of carbonyl (C=O) groups is 2. The lowest BCUT2D eigenvalue weighted by Gasteiger charge is -2.21.